The van der Waals surface area contributed by atoms with Crippen molar-refractivity contribution in [2.24, 2.45) is 0 Å². The van der Waals surface area contributed by atoms with Crippen molar-refractivity contribution in [3.05, 3.63) is 60.2 Å². The first kappa shape index (κ1) is 15.6. The van der Waals surface area contributed by atoms with Crippen LogP contribution in [-0.2, 0) is 9.59 Å². The molecule has 0 radical (unpaired) electrons. The van der Waals surface area contributed by atoms with E-state index in [1.807, 2.05) is 30.3 Å². The van der Waals surface area contributed by atoms with Crippen molar-refractivity contribution in [3.8, 4) is 11.5 Å². The van der Waals surface area contributed by atoms with Gasteiger partial charge in [-0.3, -0.25) is 9.59 Å². The van der Waals surface area contributed by atoms with E-state index < -0.39 is 17.9 Å². The first-order chi connectivity index (χ1) is 10.6. The molecular formula is C17H16O5. The minimum Gasteiger partial charge on any atom is -0.481 e. The molecule has 0 bridgehead atoms. The van der Waals surface area contributed by atoms with Gasteiger partial charge in [-0.05, 0) is 36.2 Å². The molecule has 0 aliphatic carbocycles. The Morgan fingerprint density at radius 3 is 2.05 bits per heavy atom. The van der Waals surface area contributed by atoms with Crippen molar-refractivity contribution in [1.29, 1.82) is 0 Å². The van der Waals surface area contributed by atoms with E-state index >= 15 is 0 Å². The van der Waals surface area contributed by atoms with E-state index in [1.165, 1.54) is 0 Å². The van der Waals surface area contributed by atoms with E-state index in [2.05, 4.69) is 0 Å². The number of aliphatic carboxylic acids is 2. The summed E-state index contributed by atoms with van der Waals surface area (Å²) in [5, 5.41) is 17.9. The highest BCUT2D eigenvalue weighted by molar-refractivity contribution is 5.77. The van der Waals surface area contributed by atoms with Crippen LogP contribution in [0.2, 0.25) is 0 Å². The number of rotatable bonds is 7. The molecule has 22 heavy (non-hydrogen) atoms. The summed E-state index contributed by atoms with van der Waals surface area (Å²) in [7, 11) is 0. The van der Waals surface area contributed by atoms with Gasteiger partial charge in [-0.2, -0.15) is 0 Å². The third-order valence-corrected chi connectivity index (χ3v) is 3.21. The largest absolute Gasteiger partial charge is 0.481 e. The predicted octanol–water partition coefficient (Wildman–Crippen LogP) is 3.51. The average Bonchev–Trinajstić information content (AvgIpc) is 2.49. The lowest BCUT2D eigenvalue weighted by molar-refractivity contribution is -0.140. The van der Waals surface area contributed by atoms with Crippen LogP contribution < -0.4 is 4.74 Å². The van der Waals surface area contributed by atoms with E-state index in [9.17, 15) is 14.7 Å². The number of carbonyl (C=O) groups is 2. The third kappa shape index (κ3) is 4.34. The lowest BCUT2D eigenvalue weighted by atomic mass is 9.94. The molecule has 2 aromatic carbocycles. The predicted molar refractivity (Wildman–Crippen MR) is 80.2 cm³/mol. The molecule has 0 saturated carbocycles. The number of carboxylic acid groups (broad SMARTS) is 2. The van der Waals surface area contributed by atoms with Gasteiger partial charge in [0.15, 0.2) is 0 Å². The van der Waals surface area contributed by atoms with Gasteiger partial charge in [-0.1, -0.05) is 30.3 Å². The molecule has 0 spiro atoms. The number of carboxylic acids is 2. The molecule has 5 nitrogen and oxygen atoms in total. The van der Waals surface area contributed by atoms with Gasteiger partial charge in [0.25, 0.3) is 0 Å². The van der Waals surface area contributed by atoms with Crippen molar-refractivity contribution < 1.29 is 24.5 Å². The molecule has 1 atom stereocenters. The molecule has 2 rings (SSSR count). The van der Waals surface area contributed by atoms with E-state index in [1.54, 1.807) is 24.3 Å². The Morgan fingerprint density at radius 2 is 1.50 bits per heavy atom. The lowest BCUT2D eigenvalue weighted by Crippen LogP contribution is -2.13. The van der Waals surface area contributed by atoms with E-state index in [-0.39, 0.29) is 12.8 Å². The summed E-state index contributed by atoms with van der Waals surface area (Å²) in [4.78, 5) is 21.9. The summed E-state index contributed by atoms with van der Waals surface area (Å²) in [6.45, 7) is 0. The molecular weight excluding hydrogens is 284 g/mol. The topological polar surface area (TPSA) is 83.8 Å². The summed E-state index contributed by atoms with van der Waals surface area (Å²) in [6, 6.07) is 15.9. The number of hydrogen-bond acceptors (Lipinski definition) is 3. The Morgan fingerprint density at radius 1 is 0.909 bits per heavy atom. The maximum Gasteiger partial charge on any atom is 0.310 e. The van der Waals surface area contributed by atoms with Crippen LogP contribution in [0.4, 0.5) is 0 Å². The van der Waals surface area contributed by atoms with Gasteiger partial charge < -0.3 is 14.9 Å². The van der Waals surface area contributed by atoms with E-state index in [0.717, 1.165) is 0 Å². The second-order valence-corrected chi connectivity index (χ2v) is 4.81. The summed E-state index contributed by atoms with van der Waals surface area (Å²) in [6.07, 6.45) is -0.122. The van der Waals surface area contributed by atoms with Crippen LogP contribution in [-0.4, -0.2) is 22.2 Å². The normalized spacial score (nSPS) is 11.6. The highest BCUT2D eigenvalue weighted by Gasteiger charge is 2.20. The minimum atomic E-state index is -1.03. The summed E-state index contributed by atoms with van der Waals surface area (Å²) in [5.41, 5.74) is 0.564. The standard InChI is InChI=1S/C17H16O5/c18-16(19)11-10-15(17(20)21)12-6-8-14(9-7-12)22-13-4-2-1-3-5-13/h1-9,15H,10-11H2,(H,18,19)(H,20,21). The Bertz CT molecular complexity index is 634. The molecule has 0 fully saturated rings. The van der Waals surface area contributed by atoms with Crippen molar-refractivity contribution in [2.75, 3.05) is 0 Å². The molecule has 2 N–H and O–H groups in total. The van der Waals surface area contributed by atoms with Gasteiger partial charge in [-0.25, -0.2) is 0 Å². The average molecular weight is 300 g/mol. The zero-order valence-corrected chi connectivity index (χ0v) is 11.8. The van der Waals surface area contributed by atoms with E-state index in [4.69, 9.17) is 9.84 Å². The van der Waals surface area contributed by atoms with E-state index in [0.29, 0.717) is 17.1 Å². The zero-order chi connectivity index (χ0) is 15.9. The molecule has 1 unspecified atom stereocenters. The quantitative estimate of drug-likeness (QED) is 0.817. The fourth-order valence-corrected chi connectivity index (χ4v) is 2.09. The van der Waals surface area contributed by atoms with Gasteiger partial charge >= 0.3 is 11.9 Å². The van der Waals surface area contributed by atoms with Crippen molar-refractivity contribution >= 4 is 11.9 Å². The maximum absolute atomic E-state index is 11.3. The minimum absolute atomic E-state index is 0.0591. The maximum atomic E-state index is 11.3. The molecule has 2 aromatic rings. The van der Waals surface area contributed by atoms with Gasteiger partial charge in [0, 0.05) is 6.42 Å². The zero-order valence-electron chi connectivity index (χ0n) is 11.8. The first-order valence-electron chi connectivity index (χ1n) is 6.83. The number of ether oxygens (including phenoxy) is 1. The molecule has 0 aliphatic heterocycles. The van der Waals surface area contributed by atoms with Crippen LogP contribution in [0.15, 0.2) is 54.6 Å². The molecule has 0 aromatic heterocycles. The molecule has 0 amide bonds. The van der Waals surface area contributed by atoms with Crippen LogP contribution in [0.1, 0.15) is 24.3 Å². The third-order valence-electron chi connectivity index (χ3n) is 3.21. The van der Waals surface area contributed by atoms with Gasteiger partial charge in [0.05, 0.1) is 5.92 Å². The SMILES string of the molecule is O=C(O)CCC(C(=O)O)c1ccc(Oc2ccccc2)cc1. The second-order valence-electron chi connectivity index (χ2n) is 4.81. The Balaban J connectivity index is 2.09. The summed E-state index contributed by atoms with van der Waals surface area (Å²) in [5.74, 6) is -1.58. The lowest BCUT2D eigenvalue weighted by Gasteiger charge is -2.12. The fraction of sp³-hybridized carbons (Fsp3) is 0.176. The molecule has 114 valence electrons. The summed E-state index contributed by atoms with van der Waals surface area (Å²) < 4.78 is 5.63. The Kier molecular flexibility index (Phi) is 5.14. The van der Waals surface area contributed by atoms with Crippen molar-refractivity contribution in [1.82, 2.24) is 0 Å². The number of para-hydroxylation sites is 1. The van der Waals surface area contributed by atoms with Crippen molar-refractivity contribution in [3.63, 3.8) is 0 Å². The van der Waals surface area contributed by atoms with Crippen LogP contribution in [0.5, 0.6) is 11.5 Å². The van der Waals surface area contributed by atoms with Crippen molar-refractivity contribution in [2.45, 2.75) is 18.8 Å². The monoisotopic (exact) mass is 300 g/mol. The Hall–Kier alpha value is -2.82. The second kappa shape index (κ2) is 7.26. The first-order valence-corrected chi connectivity index (χ1v) is 6.83. The highest BCUT2D eigenvalue weighted by atomic mass is 16.5. The fourth-order valence-electron chi connectivity index (χ4n) is 2.09. The van der Waals surface area contributed by atoms with Crippen LogP contribution >= 0.6 is 0 Å². The molecule has 0 saturated heterocycles. The molecule has 0 aliphatic rings. The summed E-state index contributed by atoms with van der Waals surface area (Å²) >= 11 is 0. The van der Waals surface area contributed by atoms with Gasteiger partial charge in [-0.15, -0.1) is 0 Å². The van der Waals surface area contributed by atoms with Crippen LogP contribution in [0.3, 0.4) is 0 Å². The highest BCUT2D eigenvalue weighted by Crippen LogP contribution is 2.26. The number of benzene rings is 2. The molecule has 0 heterocycles. The van der Waals surface area contributed by atoms with Crippen LogP contribution in [0.25, 0.3) is 0 Å². The van der Waals surface area contributed by atoms with Crippen LogP contribution in [0, 0.1) is 0 Å². The smallest absolute Gasteiger partial charge is 0.310 e. The number of hydrogen-bond donors (Lipinski definition) is 2. The van der Waals surface area contributed by atoms with Gasteiger partial charge in [0.2, 0.25) is 0 Å². The van der Waals surface area contributed by atoms with Gasteiger partial charge in [0.1, 0.15) is 11.5 Å². The molecule has 5 heteroatoms. The Labute approximate surface area is 127 Å².